The summed E-state index contributed by atoms with van der Waals surface area (Å²) in [5, 5.41) is 0. The van der Waals surface area contributed by atoms with E-state index >= 15 is 0 Å². The van der Waals surface area contributed by atoms with E-state index in [1.54, 1.807) is 0 Å². The van der Waals surface area contributed by atoms with Gasteiger partial charge in [0.25, 0.3) is 0 Å². The molecule has 2 nitrogen and oxygen atoms in total. The van der Waals surface area contributed by atoms with Crippen LogP contribution in [-0.2, 0) is 6.54 Å². The van der Waals surface area contributed by atoms with Crippen molar-refractivity contribution in [1.29, 1.82) is 0 Å². The van der Waals surface area contributed by atoms with Crippen LogP contribution in [-0.4, -0.2) is 24.0 Å². The van der Waals surface area contributed by atoms with Crippen LogP contribution in [0.4, 0.5) is 0 Å². The summed E-state index contributed by atoms with van der Waals surface area (Å²) in [7, 11) is 0. The first kappa shape index (κ1) is 11.6. The van der Waals surface area contributed by atoms with E-state index in [0.29, 0.717) is 12.0 Å². The normalized spacial score (nSPS) is 26.9. The Morgan fingerprint density at radius 1 is 1.44 bits per heavy atom. The molecular weight excluding hydrogens is 196 g/mol. The molecule has 0 spiro atoms. The van der Waals surface area contributed by atoms with Gasteiger partial charge in [-0.3, -0.25) is 4.90 Å². The lowest BCUT2D eigenvalue weighted by Gasteiger charge is -2.35. The molecule has 0 aliphatic carbocycles. The van der Waals surface area contributed by atoms with Crippen molar-refractivity contribution in [2.24, 2.45) is 11.7 Å². The Hall–Kier alpha value is -0.860. The molecule has 1 aromatic carbocycles. The third kappa shape index (κ3) is 2.83. The summed E-state index contributed by atoms with van der Waals surface area (Å²) in [5.41, 5.74) is 8.85. The fourth-order valence-electron chi connectivity index (χ4n) is 2.38. The van der Waals surface area contributed by atoms with Gasteiger partial charge >= 0.3 is 0 Å². The van der Waals surface area contributed by atoms with Crippen molar-refractivity contribution in [1.82, 2.24) is 4.90 Å². The molecule has 88 valence electrons. The van der Waals surface area contributed by atoms with E-state index in [9.17, 15) is 0 Å². The Morgan fingerprint density at radius 2 is 2.25 bits per heavy atom. The van der Waals surface area contributed by atoms with Crippen LogP contribution in [0, 0.1) is 12.8 Å². The van der Waals surface area contributed by atoms with Crippen LogP contribution in [0.5, 0.6) is 0 Å². The number of hydrogen-bond donors (Lipinski definition) is 1. The highest BCUT2D eigenvalue weighted by Crippen LogP contribution is 2.17. The fraction of sp³-hybridized carbons (Fsp3) is 0.571. The highest BCUT2D eigenvalue weighted by atomic mass is 15.1. The van der Waals surface area contributed by atoms with Crippen LogP contribution in [0.25, 0.3) is 0 Å². The zero-order chi connectivity index (χ0) is 11.5. The standard InChI is InChI=1S/C14H22N2/c1-11-4-3-5-13(8-11)9-16-7-6-12(2)14(15)10-16/h3-5,8,12,14H,6-7,9-10,15H2,1-2H3. The Kier molecular flexibility index (Phi) is 3.62. The lowest BCUT2D eigenvalue weighted by atomic mass is 9.94. The summed E-state index contributed by atoms with van der Waals surface area (Å²) in [6.45, 7) is 7.67. The van der Waals surface area contributed by atoms with E-state index in [1.165, 1.54) is 24.1 Å². The van der Waals surface area contributed by atoms with Crippen molar-refractivity contribution >= 4 is 0 Å². The highest BCUT2D eigenvalue weighted by Gasteiger charge is 2.22. The van der Waals surface area contributed by atoms with Crippen molar-refractivity contribution in [2.75, 3.05) is 13.1 Å². The second-order valence-electron chi connectivity index (χ2n) is 5.15. The Balaban J connectivity index is 1.95. The molecule has 1 aromatic rings. The molecule has 2 unspecified atom stereocenters. The quantitative estimate of drug-likeness (QED) is 0.824. The molecule has 0 saturated carbocycles. The molecular formula is C14H22N2. The lowest BCUT2D eigenvalue weighted by Crippen LogP contribution is -2.47. The molecule has 1 aliphatic rings. The van der Waals surface area contributed by atoms with Crippen molar-refractivity contribution < 1.29 is 0 Å². The maximum Gasteiger partial charge on any atom is 0.0234 e. The SMILES string of the molecule is Cc1cccc(CN2CCC(C)C(N)C2)c1. The average Bonchev–Trinajstić information content (AvgIpc) is 2.24. The van der Waals surface area contributed by atoms with Gasteiger partial charge in [-0.1, -0.05) is 36.8 Å². The molecule has 0 amide bonds. The molecule has 2 N–H and O–H groups in total. The average molecular weight is 218 g/mol. The van der Waals surface area contributed by atoms with Gasteiger partial charge in [0.2, 0.25) is 0 Å². The molecule has 1 aliphatic heterocycles. The Morgan fingerprint density at radius 3 is 2.94 bits per heavy atom. The van der Waals surface area contributed by atoms with E-state index in [0.717, 1.165) is 13.1 Å². The number of aryl methyl sites for hydroxylation is 1. The number of hydrogen-bond acceptors (Lipinski definition) is 2. The maximum absolute atomic E-state index is 6.11. The van der Waals surface area contributed by atoms with E-state index in [1.807, 2.05) is 0 Å². The Bertz CT molecular complexity index is 348. The summed E-state index contributed by atoms with van der Waals surface area (Å²) < 4.78 is 0. The molecule has 0 aromatic heterocycles. The smallest absolute Gasteiger partial charge is 0.0234 e. The molecule has 0 radical (unpaired) electrons. The molecule has 1 saturated heterocycles. The first-order chi connectivity index (χ1) is 7.65. The minimum atomic E-state index is 0.346. The second kappa shape index (κ2) is 4.98. The minimum absolute atomic E-state index is 0.346. The molecule has 2 rings (SSSR count). The number of nitrogens with two attached hydrogens (primary N) is 1. The topological polar surface area (TPSA) is 29.3 Å². The van der Waals surface area contributed by atoms with E-state index in [2.05, 4.69) is 43.0 Å². The summed E-state index contributed by atoms with van der Waals surface area (Å²) in [6.07, 6.45) is 1.23. The number of nitrogens with zero attached hydrogens (tertiary/aromatic N) is 1. The first-order valence-electron chi connectivity index (χ1n) is 6.18. The number of piperidine rings is 1. The molecule has 2 atom stereocenters. The van der Waals surface area contributed by atoms with Gasteiger partial charge in [-0.2, -0.15) is 0 Å². The lowest BCUT2D eigenvalue weighted by molar-refractivity contribution is 0.162. The fourth-order valence-corrected chi connectivity index (χ4v) is 2.38. The van der Waals surface area contributed by atoms with Gasteiger partial charge in [0.05, 0.1) is 0 Å². The van der Waals surface area contributed by atoms with Crippen molar-refractivity contribution in [3.05, 3.63) is 35.4 Å². The van der Waals surface area contributed by atoms with Crippen LogP contribution >= 0.6 is 0 Å². The molecule has 2 heteroatoms. The summed E-state index contributed by atoms with van der Waals surface area (Å²) in [4.78, 5) is 2.47. The third-order valence-corrected chi connectivity index (χ3v) is 3.59. The van der Waals surface area contributed by atoms with Crippen LogP contribution in [0.2, 0.25) is 0 Å². The summed E-state index contributed by atoms with van der Waals surface area (Å²) in [5.74, 6) is 0.675. The molecule has 1 heterocycles. The first-order valence-corrected chi connectivity index (χ1v) is 6.18. The molecule has 0 bridgehead atoms. The van der Waals surface area contributed by atoms with Gasteiger partial charge in [-0.25, -0.2) is 0 Å². The van der Waals surface area contributed by atoms with Crippen LogP contribution in [0.1, 0.15) is 24.5 Å². The summed E-state index contributed by atoms with van der Waals surface area (Å²) >= 11 is 0. The van der Waals surface area contributed by atoms with Crippen molar-refractivity contribution in [2.45, 2.75) is 32.9 Å². The second-order valence-corrected chi connectivity index (χ2v) is 5.15. The third-order valence-electron chi connectivity index (χ3n) is 3.59. The zero-order valence-electron chi connectivity index (χ0n) is 10.3. The van der Waals surface area contributed by atoms with Crippen LogP contribution in [0.15, 0.2) is 24.3 Å². The van der Waals surface area contributed by atoms with Gasteiger partial charge in [0.15, 0.2) is 0 Å². The largest absolute Gasteiger partial charge is 0.326 e. The minimum Gasteiger partial charge on any atom is -0.326 e. The molecule has 1 fully saturated rings. The monoisotopic (exact) mass is 218 g/mol. The van der Waals surface area contributed by atoms with Gasteiger partial charge < -0.3 is 5.73 Å². The maximum atomic E-state index is 6.11. The number of rotatable bonds is 2. The van der Waals surface area contributed by atoms with Gasteiger partial charge in [-0.05, 0) is 31.4 Å². The van der Waals surface area contributed by atoms with E-state index < -0.39 is 0 Å². The number of likely N-dealkylation sites (tertiary alicyclic amines) is 1. The van der Waals surface area contributed by atoms with Gasteiger partial charge in [0, 0.05) is 19.1 Å². The highest BCUT2D eigenvalue weighted by molar-refractivity contribution is 5.22. The van der Waals surface area contributed by atoms with Gasteiger partial charge in [0.1, 0.15) is 0 Å². The predicted molar refractivity (Wildman–Crippen MR) is 68.2 cm³/mol. The van der Waals surface area contributed by atoms with Crippen LogP contribution < -0.4 is 5.73 Å². The zero-order valence-corrected chi connectivity index (χ0v) is 10.3. The Labute approximate surface area is 98.4 Å². The van der Waals surface area contributed by atoms with Crippen molar-refractivity contribution in [3.63, 3.8) is 0 Å². The molecule has 16 heavy (non-hydrogen) atoms. The van der Waals surface area contributed by atoms with Crippen LogP contribution in [0.3, 0.4) is 0 Å². The van der Waals surface area contributed by atoms with E-state index in [-0.39, 0.29) is 0 Å². The predicted octanol–water partition coefficient (Wildman–Crippen LogP) is 2.16. The summed E-state index contributed by atoms with van der Waals surface area (Å²) in [6, 6.07) is 9.10. The van der Waals surface area contributed by atoms with Gasteiger partial charge in [-0.15, -0.1) is 0 Å². The number of benzene rings is 1. The van der Waals surface area contributed by atoms with E-state index in [4.69, 9.17) is 5.73 Å². The van der Waals surface area contributed by atoms with Crippen molar-refractivity contribution in [3.8, 4) is 0 Å².